The van der Waals surface area contributed by atoms with Crippen LogP contribution in [0.25, 0.3) is 0 Å². The first-order chi connectivity index (χ1) is 8.57. The summed E-state index contributed by atoms with van der Waals surface area (Å²) in [5.74, 6) is 0. The van der Waals surface area contributed by atoms with Gasteiger partial charge in [0.1, 0.15) is 4.90 Å². The fraction of sp³-hybridized carbons (Fsp3) is 0.455. The van der Waals surface area contributed by atoms with E-state index >= 15 is 0 Å². The predicted molar refractivity (Wildman–Crippen MR) is 68.4 cm³/mol. The number of nitrogens with zero attached hydrogens (tertiary/aromatic N) is 3. The first kappa shape index (κ1) is 14.4. The standard InChI is InChI=1S/C11H16N4O2S/c1-3-15(8-4-6-12)18(16,17)11-9-14-7-5-10(11)13-2/h5,7,9H,3-4,8H2,1-2H3,(H,13,14). The number of nitriles is 1. The molecule has 0 spiro atoms. The average molecular weight is 268 g/mol. The zero-order valence-electron chi connectivity index (χ0n) is 10.4. The molecule has 0 bridgehead atoms. The van der Waals surface area contributed by atoms with Crippen LogP contribution in [0.2, 0.25) is 0 Å². The van der Waals surface area contributed by atoms with E-state index in [4.69, 9.17) is 5.26 Å². The SMILES string of the molecule is CCN(CCC#N)S(=O)(=O)c1cnccc1NC. The largest absolute Gasteiger partial charge is 0.387 e. The predicted octanol–water partition coefficient (Wildman–Crippen LogP) is 1.05. The van der Waals surface area contributed by atoms with Crippen molar-refractivity contribution in [2.45, 2.75) is 18.2 Å². The maximum Gasteiger partial charge on any atom is 0.246 e. The Morgan fingerprint density at radius 2 is 2.28 bits per heavy atom. The molecular formula is C11H16N4O2S. The van der Waals surface area contributed by atoms with Gasteiger partial charge in [0.2, 0.25) is 10.0 Å². The zero-order chi connectivity index (χ0) is 13.6. The van der Waals surface area contributed by atoms with Crippen LogP contribution in [0.15, 0.2) is 23.4 Å². The lowest BCUT2D eigenvalue weighted by Gasteiger charge is -2.20. The van der Waals surface area contributed by atoms with E-state index in [1.54, 1.807) is 20.0 Å². The van der Waals surface area contributed by atoms with E-state index in [2.05, 4.69) is 10.3 Å². The molecular weight excluding hydrogens is 252 g/mol. The Labute approximate surface area is 107 Å². The summed E-state index contributed by atoms with van der Waals surface area (Å²) in [6, 6.07) is 3.55. The van der Waals surface area contributed by atoms with Gasteiger partial charge in [-0.15, -0.1) is 0 Å². The van der Waals surface area contributed by atoms with Gasteiger partial charge in [0.25, 0.3) is 0 Å². The molecule has 0 fully saturated rings. The molecule has 0 saturated carbocycles. The van der Waals surface area contributed by atoms with E-state index in [0.29, 0.717) is 12.2 Å². The van der Waals surface area contributed by atoms with Crippen molar-refractivity contribution < 1.29 is 8.42 Å². The second kappa shape index (κ2) is 6.33. The smallest absolute Gasteiger partial charge is 0.246 e. The van der Waals surface area contributed by atoms with Crippen molar-refractivity contribution in [1.29, 1.82) is 5.26 Å². The molecule has 0 aromatic carbocycles. The fourth-order valence-corrected chi connectivity index (χ4v) is 3.15. The monoisotopic (exact) mass is 268 g/mol. The van der Waals surface area contributed by atoms with Crippen LogP contribution in [0.5, 0.6) is 0 Å². The van der Waals surface area contributed by atoms with E-state index < -0.39 is 10.0 Å². The average Bonchev–Trinajstić information content (AvgIpc) is 2.39. The van der Waals surface area contributed by atoms with Crippen molar-refractivity contribution in [2.75, 3.05) is 25.5 Å². The maximum atomic E-state index is 12.4. The first-order valence-electron chi connectivity index (χ1n) is 5.56. The number of rotatable bonds is 6. The van der Waals surface area contributed by atoms with Gasteiger partial charge in [-0.2, -0.15) is 9.57 Å². The van der Waals surface area contributed by atoms with Gasteiger partial charge in [0.05, 0.1) is 11.8 Å². The maximum absolute atomic E-state index is 12.4. The third-order valence-electron chi connectivity index (χ3n) is 2.50. The lowest BCUT2D eigenvalue weighted by molar-refractivity contribution is 0.435. The van der Waals surface area contributed by atoms with Gasteiger partial charge in [-0.25, -0.2) is 8.42 Å². The second-order valence-corrected chi connectivity index (χ2v) is 5.43. The molecule has 1 heterocycles. The van der Waals surface area contributed by atoms with Crippen LogP contribution >= 0.6 is 0 Å². The van der Waals surface area contributed by atoms with Crippen LogP contribution in [0.1, 0.15) is 13.3 Å². The minimum absolute atomic E-state index is 0.132. The Hall–Kier alpha value is -1.65. The topological polar surface area (TPSA) is 86.1 Å². The molecule has 1 aromatic heterocycles. The Morgan fingerprint density at radius 1 is 1.56 bits per heavy atom. The van der Waals surface area contributed by atoms with Crippen LogP contribution in [0.4, 0.5) is 5.69 Å². The third kappa shape index (κ3) is 2.97. The highest BCUT2D eigenvalue weighted by atomic mass is 32.2. The number of nitrogens with one attached hydrogen (secondary N) is 1. The number of anilines is 1. The summed E-state index contributed by atoms with van der Waals surface area (Å²) in [5.41, 5.74) is 0.500. The Bertz CT molecular complexity index is 536. The highest BCUT2D eigenvalue weighted by Gasteiger charge is 2.25. The summed E-state index contributed by atoms with van der Waals surface area (Å²) in [5, 5.41) is 11.4. The van der Waals surface area contributed by atoms with Gasteiger partial charge in [-0.05, 0) is 6.07 Å². The van der Waals surface area contributed by atoms with E-state index in [9.17, 15) is 8.42 Å². The molecule has 1 aromatic rings. The van der Waals surface area contributed by atoms with Crippen molar-refractivity contribution in [1.82, 2.24) is 9.29 Å². The molecule has 0 amide bonds. The van der Waals surface area contributed by atoms with Gasteiger partial charge >= 0.3 is 0 Å². The van der Waals surface area contributed by atoms with Crippen molar-refractivity contribution in [3.8, 4) is 6.07 Å². The van der Waals surface area contributed by atoms with Gasteiger partial charge < -0.3 is 5.32 Å². The Balaban J connectivity index is 3.15. The normalized spacial score (nSPS) is 11.2. The first-order valence-corrected chi connectivity index (χ1v) is 7.00. The summed E-state index contributed by atoms with van der Waals surface area (Å²) in [7, 11) is -1.96. The molecule has 98 valence electrons. The molecule has 0 radical (unpaired) electrons. The molecule has 0 atom stereocenters. The summed E-state index contributed by atoms with van der Waals surface area (Å²) in [6.07, 6.45) is 3.01. The van der Waals surface area contributed by atoms with Crippen LogP contribution in [-0.4, -0.2) is 37.8 Å². The van der Waals surface area contributed by atoms with Gasteiger partial charge in [-0.1, -0.05) is 6.92 Å². The highest BCUT2D eigenvalue weighted by molar-refractivity contribution is 7.89. The molecule has 1 rings (SSSR count). The fourth-order valence-electron chi connectivity index (χ4n) is 1.55. The van der Waals surface area contributed by atoms with E-state index in [1.807, 2.05) is 6.07 Å². The van der Waals surface area contributed by atoms with Crippen LogP contribution in [-0.2, 0) is 10.0 Å². The molecule has 0 aliphatic carbocycles. The van der Waals surface area contributed by atoms with Crippen molar-refractivity contribution >= 4 is 15.7 Å². The molecule has 0 aliphatic heterocycles. The molecule has 0 saturated heterocycles. The van der Waals surface area contributed by atoms with Gasteiger partial charge in [0.15, 0.2) is 0 Å². The van der Waals surface area contributed by atoms with E-state index in [1.165, 1.54) is 16.7 Å². The summed E-state index contributed by atoms with van der Waals surface area (Å²) in [4.78, 5) is 3.98. The van der Waals surface area contributed by atoms with Crippen LogP contribution in [0.3, 0.4) is 0 Å². The lowest BCUT2D eigenvalue weighted by Crippen LogP contribution is -2.32. The zero-order valence-corrected chi connectivity index (χ0v) is 11.2. The minimum atomic E-state index is -3.61. The van der Waals surface area contributed by atoms with Crippen LogP contribution in [0, 0.1) is 11.3 Å². The van der Waals surface area contributed by atoms with Gasteiger partial charge in [0, 0.05) is 39.0 Å². The molecule has 18 heavy (non-hydrogen) atoms. The number of hydrogen-bond donors (Lipinski definition) is 1. The number of aromatic nitrogens is 1. The minimum Gasteiger partial charge on any atom is -0.387 e. The number of sulfonamides is 1. The van der Waals surface area contributed by atoms with Crippen LogP contribution < -0.4 is 5.32 Å². The Kier molecular flexibility index (Phi) is 5.07. The quantitative estimate of drug-likeness (QED) is 0.833. The lowest BCUT2D eigenvalue weighted by atomic mass is 10.4. The molecule has 0 aliphatic rings. The van der Waals surface area contributed by atoms with E-state index in [0.717, 1.165) is 0 Å². The molecule has 1 N–H and O–H groups in total. The highest BCUT2D eigenvalue weighted by Crippen LogP contribution is 2.22. The van der Waals surface area contributed by atoms with E-state index in [-0.39, 0.29) is 17.9 Å². The summed E-state index contributed by atoms with van der Waals surface area (Å²) in [6.45, 7) is 2.25. The van der Waals surface area contributed by atoms with Gasteiger partial charge in [-0.3, -0.25) is 4.98 Å². The van der Waals surface area contributed by atoms with Crippen molar-refractivity contribution in [3.05, 3.63) is 18.5 Å². The molecule has 7 heteroatoms. The Morgan fingerprint density at radius 3 is 2.83 bits per heavy atom. The summed E-state index contributed by atoms with van der Waals surface area (Å²) >= 11 is 0. The van der Waals surface area contributed by atoms with Crippen molar-refractivity contribution in [2.24, 2.45) is 0 Å². The molecule has 6 nitrogen and oxygen atoms in total. The summed E-state index contributed by atoms with van der Waals surface area (Å²) < 4.78 is 26.0. The van der Waals surface area contributed by atoms with Crippen molar-refractivity contribution in [3.63, 3.8) is 0 Å². The number of hydrogen-bond acceptors (Lipinski definition) is 5. The number of pyridine rings is 1. The third-order valence-corrected chi connectivity index (χ3v) is 4.50. The molecule has 0 unspecified atom stereocenters. The second-order valence-electron chi connectivity index (χ2n) is 3.53.